The summed E-state index contributed by atoms with van der Waals surface area (Å²) >= 11 is 0. The molecular formula is C22H18FNO5S. The first-order chi connectivity index (χ1) is 14.2. The van der Waals surface area contributed by atoms with E-state index in [1.807, 2.05) is 0 Å². The molecular weight excluding hydrogens is 409 g/mol. The van der Waals surface area contributed by atoms with Crippen LogP contribution in [0.2, 0.25) is 0 Å². The van der Waals surface area contributed by atoms with E-state index in [9.17, 15) is 27.7 Å². The third-order valence-electron chi connectivity index (χ3n) is 4.73. The van der Waals surface area contributed by atoms with Crippen LogP contribution in [0.3, 0.4) is 0 Å². The van der Waals surface area contributed by atoms with Crippen LogP contribution in [0.25, 0.3) is 0 Å². The molecule has 0 fully saturated rings. The Morgan fingerprint density at radius 1 is 1.03 bits per heavy atom. The number of aryl methyl sites for hydroxylation is 1. The molecule has 0 bridgehead atoms. The number of non-ortho nitro benzene ring substituents is 1. The van der Waals surface area contributed by atoms with Gasteiger partial charge in [0.1, 0.15) is 11.1 Å². The fourth-order valence-electron chi connectivity index (χ4n) is 3.09. The van der Waals surface area contributed by atoms with Gasteiger partial charge in [-0.2, -0.15) is 0 Å². The second kappa shape index (κ2) is 8.54. The topological polar surface area (TPSA) is 94.3 Å². The lowest BCUT2D eigenvalue weighted by molar-refractivity contribution is -0.384. The van der Waals surface area contributed by atoms with E-state index in [4.69, 9.17) is 0 Å². The first-order valence-corrected chi connectivity index (χ1v) is 10.6. The van der Waals surface area contributed by atoms with Crippen molar-refractivity contribution in [3.63, 3.8) is 0 Å². The molecule has 0 spiro atoms. The Bertz CT molecular complexity index is 1210. The number of carbonyl (C=O) groups excluding carboxylic acids is 1. The smallest absolute Gasteiger partial charge is 0.270 e. The van der Waals surface area contributed by atoms with Crippen LogP contribution < -0.4 is 0 Å². The Hall–Kier alpha value is -3.39. The summed E-state index contributed by atoms with van der Waals surface area (Å²) in [6.45, 7) is 1.80. The molecule has 0 aliphatic heterocycles. The maximum atomic E-state index is 14.5. The van der Waals surface area contributed by atoms with Gasteiger partial charge in [-0.1, -0.05) is 48.0 Å². The van der Waals surface area contributed by atoms with Crippen LogP contribution in [0.4, 0.5) is 10.1 Å². The third-order valence-corrected chi connectivity index (χ3v) is 6.82. The minimum atomic E-state index is -4.12. The van der Waals surface area contributed by atoms with Crippen LogP contribution in [-0.2, 0) is 9.84 Å². The molecule has 3 rings (SSSR count). The van der Waals surface area contributed by atoms with E-state index in [0.29, 0.717) is 0 Å². The fraction of sp³-hybridized carbons (Fsp3) is 0.136. The van der Waals surface area contributed by atoms with Crippen molar-refractivity contribution in [3.05, 3.63) is 105 Å². The Morgan fingerprint density at radius 2 is 1.70 bits per heavy atom. The van der Waals surface area contributed by atoms with Gasteiger partial charge in [-0.3, -0.25) is 14.9 Å². The highest BCUT2D eigenvalue weighted by atomic mass is 32.2. The number of benzene rings is 3. The van der Waals surface area contributed by atoms with Gasteiger partial charge in [-0.05, 0) is 25.1 Å². The van der Waals surface area contributed by atoms with Gasteiger partial charge in [-0.25, -0.2) is 12.8 Å². The Morgan fingerprint density at radius 3 is 2.33 bits per heavy atom. The summed E-state index contributed by atoms with van der Waals surface area (Å²) in [7, 11) is -4.12. The van der Waals surface area contributed by atoms with E-state index < -0.39 is 38.0 Å². The second-order valence-corrected chi connectivity index (χ2v) is 8.93. The van der Waals surface area contributed by atoms with E-state index >= 15 is 0 Å². The van der Waals surface area contributed by atoms with Gasteiger partial charge in [0, 0.05) is 29.7 Å². The molecule has 0 aliphatic carbocycles. The van der Waals surface area contributed by atoms with Gasteiger partial charge in [0.25, 0.3) is 5.69 Å². The summed E-state index contributed by atoms with van der Waals surface area (Å²) in [5, 5.41) is 9.51. The van der Waals surface area contributed by atoms with E-state index in [1.165, 1.54) is 48.5 Å². The zero-order valence-electron chi connectivity index (χ0n) is 16.0. The number of ketones is 1. The lowest BCUT2D eigenvalue weighted by atomic mass is 10.0. The van der Waals surface area contributed by atoms with Crippen LogP contribution >= 0.6 is 0 Å². The highest BCUT2D eigenvalue weighted by Crippen LogP contribution is 2.34. The maximum Gasteiger partial charge on any atom is 0.270 e. The second-order valence-electron chi connectivity index (χ2n) is 6.80. The minimum absolute atomic E-state index is 0.00959. The van der Waals surface area contributed by atoms with Gasteiger partial charge in [-0.15, -0.1) is 0 Å². The summed E-state index contributed by atoms with van der Waals surface area (Å²) in [5.41, 5.74) is 0.426. The Balaban J connectivity index is 2.06. The van der Waals surface area contributed by atoms with Crippen molar-refractivity contribution in [3.8, 4) is 0 Å². The highest BCUT2D eigenvalue weighted by molar-refractivity contribution is 7.91. The Kier molecular flexibility index (Phi) is 6.07. The number of rotatable bonds is 7. The number of hydrogen-bond acceptors (Lipinski definition) is 5. The maximum absolute atomic E-state index is 14.5. The molecule has 0 saturated heterocycles. The average molecular weight is 427 g/mol. The number of sulfone groups is 1. The number of halogens is 1. The molecule has 0 aliphatic rings. The molecule has 154 valence electrons. The van der Waals surface area contributed by atoms with Gasteiger partial charge >= 0.3 is 0 Å². The van der Waals surface area contributed by atoms with Crippen molar-refractivity contribution >= 4 is 21.3 Å². The van der Waals surface area contributed by atoms with E-state index in [2.05, 4.69) is 0 Å². The Labute approximate surface area is 173 Å². The van der Waals surface area contributed by atoms with E-state index in [1.54, 1.807) is 19.1 Å². The molecule has 8 heteroatoms. The molecule has 6 nitrogen and oxygen atoms in total. The molecule has 1 atom stereocenters. The molecule has 0 heterocycles. The highest BCUT2D eigenvalue weighted by Gasteiger charge is 2.33. The minimum Gasteiger partial charge on any atom is -0.294 e. The summed E-state index contributed by atoms with van der Waals surface area (Å²) in [4.78, 5) is 23.1. The quantitative estimate of drug-likeness (QED) is 0.306. The van der Waals surface area contributed by atoms with Crippen LogP contribution in [0, 0.1) is 22.9 Å². The molecule has 0 radical (unpaired) electrons. The lowest BCUT2D eigenvalue weighted by Crippen LogP contribution is -2.19. The predicted molar refractivity (Wildman–Crippen MR) is 110 cm³/mol. The molecule has 0 saturated carbocycles. The first-order valence-electron chi connectivity index (χ1n) is 9.03. The van der Waals surface area contributed by atoms with Crippen molar-refractivity contribution in [1.82, 2.24) is 0 Å². The number of carbonyl (C=O) groups is 1. The summed E-state index contributed by atoms with van der Waals surface area (Å²) in [6.07, 6.45) is -0.557. The fourth-order valence-corrected chi connectivity index (χ4v) is 4.83. The molecule has 30 heavy (non-hydrogen) atoms. The monoisotopic (exact) mass is 427 g/mol. The van der Waals surface area contributed by atoms with Gasteiger partial charge in [0.05, 0.1) is 9.82 Å². The number of nitro benzene ring substituents is 1. The van der Waals surface area contributed by atoms with Crippen LogP contribution in [0.5, 0.6) is 0 Å². The molecule has 0 N–H and O–H groups in total. The van der Waals surface area contributed by atoms with Gasteiger partial charge in [0.15, 0.2) is 15.6 Å². The number of nitrogens with zero attached hydrogens (tertiary/aromatic N) is 1. The van der Waals surface area contributed by atoms with Crippen LogP contribution in [-0.4, -0.2) is 19.1 Å². The van der Waals surface area contributed by atoms with Crippen molar-refractivity contribution in [1.29, 1.82) is 0 Å². The SMILES string of the molecule is Cc1ccc(S(=O)(=O)[C@H](CC(=O)c2cccc([N+](=O)[O-])c2)c2ccccc2F)cc1. The average Bonchev–Trinajstić information content (AvgIpc) is 2.73. The van der Waals surface area contributed by atoms with E-state index in [-0.39, 0.29) is 21.7 Å². The number of hydrogen-bond donors (Lipinski definition) is 0. The van der Waals surface area contributed by atoms with E-state index in [0.717, 1.165) is 17.7 Å². The zero-order valence-corrected chi connectivity index (χ0v) is 16.8. The van der Waals surface area contributed by atoms with Crippen LogP contribution in [0.15, 0.2) is 77.7 Å². The van der Waals surface area contributed by atoms with Crippen molar-refractivity contribution in [2.45, 2.75) is 23.5 Å². The normalized spacial score (nSPS) is 12.3. The molecule has 3 aromatic carbocycles. The number of nitro groups is 1. The van der Waals surface area contributed by atoms with Crippen molar-refractivity contribution in [2.24, 2.45) is 0 Å². The number of Topliss-reactive ketones (excluding diaryl/α,β-unsaturated/α-hetero) is 1. The lowest BCUT2D eigenvalue weighted by Gasteiger charge is -2.18. The van der Waals surface area contributed by atoms with Crippen molar-refractivity contribution < 1.29 is 22.5 Å². The predicted octanol–water partition coefficient (Wildman–Crippen LogP) is 4.83. The summed E-state index contributed by atoms with van der Waals surface area (Å²) < 4.78 is 41.1. The van der Waals surface area contributed by atoms with Gasteiger partial charge in [0.2, 0.25) is 0 Å². The molecule has 3 aromatic rings. The first kappa shape index (κ1) is 21.3. The van der Waals surface area contributed by atoms with Crippen LogP contribution in [0.1, 0.15) is 33.2 Å². The summed E-state index contributed by atoms with van der Waals surface area (Å²) in [6, 6.07) is 16.5. The molecule has 0 amide bonds. The molecule has 0 aromatic heterocycles. The van der Waals surface area contributed by atoms with Crippen molar-refractivity contribution in [2.75, 3.05) is 0 Å². The third kappa shape index (κ3) is 4.44. The largest absolute Gasteiger partial charge is 0.294 e. The standard InChI is InChI=1S/C22H18FNO5S/c1-15-9-11-18(12-10-15)30(28,29)22(19-7-2-3-8-20(19)23)14-21(25)16-5-4-6-17(13-16)24(26)27/h2-13,22H,14H2,1H3/t22-/m1/s1. The van der Waals surface area contributed by atoms with Gasteiger partial charge < -0.3 is 0 Å². The molecule has 0 unspecified atom stereocenters. The zero-order chi connectivity index (χ0) is 21.9. The summed E-state index contributed by atoms with van der Waals surface area (Å²) in [5.74, 6) is -1.38.